The van der Waals surface area contributed by atoms with Gasteiger partial charge in [-0.05, 0) is 48.0 Å². The van der Waals surface area contributed by atoms with Gasteiger partial charge in [-0.25, -0.2) is 13.4 Å². The van der Waals surface area contributed by atoms with E-state index in [0.29, 0.717) is 28.8 Å². The molecule has 1 fully saturated rings. The van der Waals surface area contributed by atoms with Crippen molar-refractivity contribution in [3.63, 3.8) is 0 Å². The van der Waals surface area contributed by atoms with E-state index in [1.165, 1.54) is 4.31 Å². The van der Waals surface area contributed by atoms with Gasteiger partial charge in [0.1, 0.15) is 0 Å². The Labute approximate surface area is 183 Å². The molecule has 1 aliphatic heterocycles. The Hall–Kier alpha value is -2.30. The van der Waals surface area contributed by atoms with Crippen LogP contribution in [0.25, 0.3) is 11.0 Å². The fourth-order valence-electron chi connectivity index (χ4n) is 3.83. The molecule has 1 aromatic carbocycles. The smallest absolute Gasteiger partial charge is 0.254 e. The summed E-state index contributed by atoms with van der Waals surface area (Å²) in [4.78, 5) is 19.7. The zero-order chi connectivity index (χ0) is 21.6. The van der Waals surface area contributed by atoms with Crippen LogP contribution >= 0.6 is 15.9 Å². The number of hydrogen-bond donors (Lipinski definition) is 0. The number of hydrogen-bond acceptors (Lipinski definition) is 5. The molecule has 8 nitrogen and oxygen atoms in total. The zero-order valence-electron chi connectivity index (χ0n) is 17.0. The first-order valence-corrected chi connectivity index (χ1v) is 11.8. The zero-order valence-corrected chi connectivity index (χ0v) is 19.4. The van der Waals surface area contributed by atoms with Crippen molar-refractivity contribution in [2.24, 2.45) is 7.05 Å². The predicted molar refractivity (Wildman–Crippen MR) is 117 cm³/mol. The molecule has 2 aromatic heterocycles. The molecule has 1 aliphatic rings. The summed E-state index contributed by atoms with van der Waals surface area (Å²) in [5.41, 5.74) is 2.72. The lowest BCUT2D eigenvalue weighted by atomic mass is 10.1. The Morgan fingerprint density at radius 1 is 1.10 bits per heavy atom. The first-order valence-electron chi connectivity index (χ1n) is 9.55. The van der Waals surface area contributed by atoms with Crippen molar-refractivity contribution in [3.8, 4) is 0 Å². The van der Waals surface area contributed by atoms with Gasteiger partial charge in [0.25, 0.3) is 5.91 Å². The van der Waals surface area contributed by atoms with Gasteiger partial charge >= 0.3 is 0 Å². The van der Waals surface area contributed by atoms with Crippen LogP contribution in [0.2, 0.25) is 0 Å². The number of aromatic nitrogens is 3. The van der Waals surface area contributed by atoms with E-state index in [-0.39, 0.29) is 23.9 Å². The molecule has 30 heavy (non-hydrogen) atoms. The Bertz CT molecular complexity index is 1250. The van der Waals surface area contributed by atoms with Gasteiger partial charge in [-0.15, -0.1) is 0 Å². The van der Waals surface area contributed by atoms with Crippen LogP contribution in [0.5, 0.6) is 0 Å². The van der Waals surface area contributed by atoms with Crippen molar-refractivity contribution >= 4 is 42.9 Å². The molecule has 0 bridgehead atoms. The second kappa shape index (κ2) is 7.75. The van der Waals surface area contributed by atoms with Gasteiger partial charge in [0, 0.05) is 43.4 Å². The Morgan fingerprint density at radius 2 is 1.77 bits per heavy atom. The summed E-state index contributed by atoms with van der Waals surface area (Å²) in [6.07, 6.45) is 0. The highest BCUT2D eigenvalue weighted by molar-refractivity contribution is 9.10. The fraction of sp³-hybridized carbons (Fsp3) is 0.350. The number of piperazine rings is 1. The summed E-state index contributed by atoms with van der Waals surface area (Å²) in [7, 11) is -1.82. The van der Waals surface area contributed by atoms with Crippen molar-refractivity contribution in [2.45, 2.75) is 18.7 Å². The van der Waals surface area contributed by atoms with Crippen molar-refractivity contribution in [3.05, 3.63) is 51.8 Å². The SMILES string of the molecule is Cc1cc(C(=O)N2CCN(S(=O)(=O)c3ccccc3Br)CC2)c2c(C)nn(C)c2n1. The van der Waals surface area contributed by atoms with E-state index < -0.39 is 10.0 Å². The van der Waals surface area contributed by atoms with Crippen LogP contribution in [0.3, 0.4) is 0 Å². The van der Waals surface area contributed by atoms with Crippen LogP contribution in [-0.2, 0) is 17.1 Å². The van der Waals surface area contributed by atoms with Gasteiger partial charge in [0.05, 0.1) is 21.5 Å². The highest BCUT2D eigenvalue weighted by Crippen LogP contribution is 2.27. The van der Waals surface area contributed by atoms with E-state index in [2.05, 4.69) is 26.0 Å². The fourth-order valence-corrected chi connectivity index (χ4v) is 6.22. The van der Waals surface area contributed by atoms with Gasteiger partial charge in [-0.3, -0.25) is 9.48 Å². The number of pyridine rings is 1. The van der Waals surface area contributed by atoms with Gasteiger partial charge in [-0.2, -0.15) is 9.40 Å². The van der Waals surface area contributed by atoms with Crippen molar-refractivity contribution < 1.29 is 13.2 Å². The highest BCUT2D eigenvalue weighted by atomic mass is 79.9. The molecule has 0 aliphatic carbocycles. The minimum atomic E-state index is -3.63. The number of benzene rings is 1. The number of rotatable bonds is 3. The predicted octanol–water partition coefficient (Wildman–Crippen LogP) is 2.49. The van der Waals surface area contributed by atoms with Crippen LogP contribution < -0.4 is 0 Å². The normalized spacial score (nSPS) is 15.7. The summed E-state index contributed by atoms with van der Waals surface area (Å²) in [6.45, 7) is 4.85. The third-order valence-electron chi connectivity index (χ3n) is 5.31. The maximum absolute atomic E-state index is 13.3. The number of nitrogens with zero attached hydrogens (tertiary/aromatic N) is 5. The maximum Gasteiger partial charge on any atom is 0.254 e. The molecule has 4 rings (SSSR count). The van der Waals surface area contributed by atoms with E-state index in [1.807, 2.05) is 13.8 Å². The van der Waals surface area contributed by atoms with Crippen LogP contribution in [0.4, 0.5) is 0 Å². The quantitative estimate of drug-likeness (QED) is 0.561. The number of carbonyl (C=O) groups is 1. The van der Waals surface area contributed by atoms with E-state index in [4.69, 9.17) is 0 Å². The number of fused-ring (bicyclic) bond motifs is 1. The van der Waals surface area contributed by atoms with E-state index in [1.54, 1.807) is 47.0 Å². The number of sulfonamides is 1. The first-order chi connectivity index (χ1) is 14.2. The molecule has 0 radical (unpaired) electrons. The lowest BCUT2D eigenvalue weighted by Crippen LogP contribution is -2.50. The van der Waals surface area contributed by atoms with E-state index in [9.17, 15) is 13.2 Å². The van der Waals surface area contributed by atoms with E-state index >= 15 is 0 Å². The Kier molecular flexibility index (Phi) is 5.41. The standard InChI is InChI=1S/C20H22BrN5O3S/c1-13-12-15(18-14(2)23-24(3)19(18)22-13)20(27)25-8-10-26(11-9-25)30(28,29)17-7-5-4-6-16(17)21/h4-7,12H,8-11H2,1-3H3. The first kappa shape index (κ1) is 21.0. The molecule has 10 heteroatoms. The summed E-state index contributed by atoms with van der Waals surface area (Å²) in [6, 6.07) is 8.55. The number of amides is 1. The minimum Gasteiger partial charge on any atom is -0.336 e. The van der Waals surface area contributed by atoms with Crippen molar-refractivity contribution in [1.82, 2.24) is 24.0 Å². The topological polar surface area (TPSA) is 88.4 Å². The molecule has 158 valence electrons. The molecule has 1 saturated heterocycles. The van der Waals surface area contributed by atoms with Crippen LogP contribution in [0.15, 0.2) is 39.7 Å². The monoisotopic (exact) mass is 491 g/mol. The van der Waals surface area contributed by atoms with Crippen LogP contribution in [-0.4, -0.2) is 64.5 Å². The summed E-state index contributed by atoms with van der Waals surface area (Å²) in [5, 5.41) is 5.14. The van der Waals surface area contributed by atoms with Gasteiger partial charge in [0.2, 0.25) is 10.0 Å². The molecule has 1 amide bonds. The Balaban J connectivity index is 1.58. The molecule has 0 atom stereocenters. The lowest BCUT2D eigenvalue weighted by Gasteiger charge is -2.34. The molecule has 3 heterocycles. The van der Waals surface area contributed by atoms with Gasteiger partial charge in [-0.1, -0.05) is 12.1 Å². The lowest BCUT2D eigenvalue weighted by molar-refractivity contribution is 0.0699. The van der Waals surface area contributed by atoms with Crippen LogP contribution in [0, 0.1) is 13.8 Å². The summed E-state index contributed by atoms with van der Waals surface area (Å²) in [5.74, 6) is -0.125. The number of carbonyl (C=O) groups excluding carboxylic acids is 1. The average Bonchev–Trinajstić information content (AvgIpc) is 3.00. The van der Waals surface area contributed by atoms with Crippen LogP contribution in [0.1, 0.15) is 21.7 Å². The number of halogens is 1. The van der Waals surface area contributed by atoms with E-state index in [0.717, 1.165) is 16.8 Å². The molecule has 0 unspecified atom stereocenters. The van der Waals surface area contributed by atoms with Gasteiger partial charge < -0.3 is 4.90 Å². The number of aryl methyl sites for hydroxylation is 3. The minimum absolute atomic E-state index is 0.125. The second-order valence-corrected chi connectivity index (χ2v) is 10.1. The average molecular weight is 492 g/mol. The Morgan fingerprint density at radius 3 is 2.43 bits per heavy atom. The molecular weight excluding hydrogens is 470 g/mol. The molecular formula is C20H22BrN5O3S. The molecule has 0 spiro atoms. The molecule has 0 N–H and O–H groups in total. The van der Waals surface area contributed by atoms with Crippen molar-refractivity contribution in [1.29, 1.82) is 0 Å². The van der Waals surface area contributed by atoms with Crippen molar-refractivity contribution in [2.75, 3.05) is 26.2 Å². The molecule has 0 saturated carbocycles. The summed E-state index contributed by atoms with van der Waals surface area (Å²) >= 11 is 3.32. The van der Waals surface area contributed by atoms with Gasteiger partial charge in [0.15, 0.2) is 5.65 Å². The molecule has 3 aromatic rings. The third kappa shape index (κ3) is 3.52. The highest BCUT2D eigenvalue weighted by Gasteiger charge is 2.32. The second-order valence-electron chi connectivity index (χ2n) is 7.35. The maximum atomic E-state index is 13.3. The third-order valence-corrected chi connectivity index (χ3v) is 8.22. The summed E-state index contributed by atoms with van der Waals surface area (Å²) < 4.78 is 29.6. The largest absolute Gasteiger partial charge is 0.336 e.